The van der Waals surface area contributed by atoms with E-state index in [1.165, 1.54) is 46.9 Å². The molecule has 2 saturated carbocycles. The van der Waals surface area contributed by atoms with E-state index in [2.05, 4.69) is 0 Å². The zero-order valence-electron chi connectivity index (χ0n) is 16.2. The molecule has 6 heteroatoms. The molecule has 4 amide bonds. The number of carbonyl (C=O) groups excluding carboxylic acids is 4. The van der Waals surface area contributed by atoms with Crippen LogP contribution in [0.2, 0.25) is 0 Å². The van der Waals surface area contributed by atoms with Crippen molar-refractivity contribution in [2.45, 2.75) is 76.3 Å². The fraction of sp³-hybridized carbons (Fsp3) is 0.636. The van der Waals surface area contributed by atoms with E-state index in [0.29, 0.717) is 11.8 Å². The van der Waals surface area contributed by atoms with Gasteiger partial charge in [-0.05, 0) is 63.2 Å². The molecule has 28 heavy (non-hydrogen) atoms. The first-order valence-electron chi connectivity index (χ1n) is 10.6. The van der Waals surface area contributed by atoms with Gasteiger partial charge in [-0.1, -0.05) is 12.8 Å². The van der Waals surface area contributed by atoms with Gasteiger partial charge in [0.1, 0.15) is 0 Å². The molecule has 150 valence electrons. The molecule has 0 spiro atoms. The van der Waals surface area contributed by atoms with Gasteiger partial charge in [0.15, 0.2) is 0 Å². The largest absolute Gasteiger partial charge is 0.272 e. The summed E-state index contributed by atoms with van der Waals surface area (Å²) in [5, 5.41) is 0. The second-order valence-electron chi connectivity index (χ2n) is 8.69. The van der Waals surface area contributed by atoms with Crippen molar-refractivity contribution in [2.24, 2.45) is 11.8 Å². The van der Waals surface area contributed by atoms with Gasteiger partial charge in [0, 0.05) is 36.4 Å². The van der Waals surface area contributed by atoms with Crippen molar-refractivity contribution in [1.82, 2.24) is 9.80 Å². The summed E-state index contributed by atoms with van der Waals surface area (Å²) in [5.41, 5.74) is 0. The highest BCUT2D eigenvalue weighted by Crippen LogP contribution is 2.36. The van der Waals surface area contributed by atoms with E-state index in [1.807, 2.05) is 0 Å². The highest BCUT2D eigenvalue weighted by molar-refractivity contribution is 6.13. The first-order chi connectivity index (χ1) is 13.5. The van der Waals surface area contributed by atoms with E-state index < -0.39 is 0 Å². The maximum atomic E-state index is 11.8. The van der Waals surface area contributed by atoms with Crippen LogP contribution in [0.3, 0.4) is 0 Å². The average Bonchev–Trinajstić information content (AvgIpc) is 3.22. The van der Waals surface area contributed by atoms with Crippen LogP contribution in [0.1, 0.15) is 64.2 Å². The average molecular weight is 384 g/mol. The van der Waals surface area contributed by atoms with Crippen LogP contribution in [0.25, 0.3) is 0 Å². The number of amides is 4. The molecule has 0 N–H and O–H groups in total. The van der Waals surface area contributed by atoms with Gasteiger partial charge in [-0.25, -0.2) is 0 Å². The van der Waals surface area contributed by atoms with Gasteiger partial charge in [0.05, 0.1) is 0 Å². The molecule has 0 aromatic rings. The highest BCUT2D eigenvalue weighted by Gasteiger charge is 2.35. The summed E-state index contributed by atoms with van der Waals surface area (Å²) in [4.78, 5) is 50.2. The Kier molecular flexibility index (Phi) is 5.47. The summed E-state index contributed by atoms with van der Waals surface area (Å²) in [7, 11) is 0. The standard InChI is InChI=1S/C22H28N2O4/c25-19-11-12-20(26)23(19)17-7-3-15(4-8-17)1-2-16-5-9-18(10-6-16)24-21(27)13-14-22(24)28/h11-18H,1-10H2. The molecule has 2 aliphatic carbocycles. The van der Waals surface area contributed by atoms with Gasteiger partial charge in [-0.3, -0.25) is 29.0 Å². The monoisotopic (exact) mass is 384 g/mol. The molecule has 2 heterocycles. The van der Waals surface area contributed by atoms with Gasteiger partial charge in [0.2, 0.25) is 0 Å². The van der Waals surface area contributed by atoms with Gasteiger partial charge >= 0.3 is 0 Å². The molecular formula is C22H28N2O4. The summed E-state index contributed by atoms with van der Waals surface area (Å²) >= 11 is 0. The Morgan fingerprint density at radius 3 is 1.11 bits per heavy atom. The van der Waals surface area contributed by atoms with Gasteiger partial charge in [-0.2, -0.15) is 0 Å². The first kappa shape index (κ1) is 19.1. The second kappa shape index (κ2) is 8.02. The minimum absolute atomic E-state index is 0.0748. The molecule has 0 aromatic heterocycles. The molecule has 0 bridgehead atoms. The van der Waals surface area contributed by atoms with E-state index >= 15 is 0 Å². The van der Waals surface area contributed by atoms with Gasteiger partial charge in [-0.15, -0.1) is 0 Å². The molecule has 0 radical (unpaired) electrons. The van der Waals surface area contributed by atoms with Crippen LogP contribution in [0.4, 0.5) is 0 Å². The zero-order valence-corrected chi connectivity index (χ0v) is 16.2. The van der Waals surface area contributed by atoms with Crippen molar-refractivity contribution in [2.75, 3.05) is 0 Å². The van der Waals surface area contributed by atoms with Crippen LogP contribution >= 0.6 is 0 Å². The number of hydrogen-bond acceptors (Lipinski definition) is 4. The summed E-state index contributed by atoms with van der Waals surface area (Å²) in [6.07, 6.45) is 15.9. The lowest BCUT2D eigenvalue weighted by atomic mass is 9.78. The Morgan fingerprint density at radius 2 is 0.821 bits per heavy atom. The van der Waals surface area contributed by atoms with Crippen molar-refractivity contribution in [1.29, 1.82) is 0 Å². The van der Waals surface area contributed by atoms with Gasteiger partial charge in [0.25, 0.3) is 23.6 Å². The van der Waals surface area contributed by atoms with Crippen molar-refractivity contribution in [3.05, 3.63) is 24.3 Å². The number of carbonyl (C=O) groups is 4. The Morgan fingerprint density at radius 1 is 0.536 bits per heavy atom. The molecule has 0 aromatic carbocycles. The van der Waals surface area contributed by atoms with Crippen LogP contribution in [0, 0.1) is 11.8 Å². The Labute approximate surface area is 165 Å². The van der Waals surface area contributed by atoms with E-state index in [-0.39, 0.29) is 35.7 Å². The highest BCUT2D eigenvalue weighted by atomic mass is 16.2. The number of imide groups is 2. The van der Waals surface area contributed by atoms with Crippen molar-refractivity contribution < 1.29 is 19.2 Å². The van der Waals surface area contributed by atoms with Crippen LogP contribution in [-0.4, -0.2) is 45.5 Å². The fourth-order valence-corrected chi connectivity index (χ4v) is 5.40. The summed E-state index contributed by atoms with van der Waals surface area (Å²) in [5.74, 6) is 0.734. The Bertz CT molecular complexity index is 627. The minimum Gasteiger partial charge on any atom is -0.272 e. The van der Waals surface area contributed by atoms with Crippen LogP contribution in [-0.2, 0) is 19.2 Å². The van der Waals surface area contributed by atoms with Crippen LogP contribution in [0.15, 0.2) is 24.3 Å². The van der Waals surface area contributed by atoms with E-state index in [9.17, 15) is 19.2 Å². The normalized spacial score (nSPS) is 33.4. The van der Waals surface area contributed by atoms with Crippen molar-refractivity contribution >= 4 is 23.6 Å². The molecule has 4 aliphatic rings. The molecular weight excluding hydrogens is 356 g/mol. The number of hydrogen-bond donors (Lipinski definition) is 0. The topological polar surface area (TPSA) is 74.8 Å². The third-order valence-electron chi connectivity index (χ3n) is 7.03. The lowest BCUT2D eigenvalue weighted by molar-refractivity contribution is -0.142. The third kappa shape index (κ3) is 3.82. The van der Waals surface area contributed by atoms with Crippen LogP contribution in [0.5, 0.6) is 0 Å². The lowest BCUT2D eigenvalue weighted by Gasteiger charge is -2.35. The van der Waals surface area contributed by atoms with Crippen molar-refractivity contribution in [3.8, 4) is 0 Å². The molecule has 2 fully saturated rings. The smallest absolute Gasteiger partial charge is 0.253 e. The molecule has 0 atom stereocenters. The summed E-state index contributed by atoms with van der Waals surface area (Å²) in [6, 6.07) is 0.150. The summed E-state index contributed by atoms with van der Waals surface area (Å²) < 4.78 is 0. The lowest BCUT2D eigenvalue weighted by Crippen LogP contribution is -2.42. The SMILES string of the molecule is O=C1C=CC(=O)N1C1CCC(CCC2CCC(N3C(=O)C=CC3=O)CC2)CC1. The maximum Gasteiger partial charge on any atom is 0.253 e. The number of nitrogens with zero attached hydrogens (tertiary/aromatic N) is 2. The summed E-state index contributed by atoms with van der Waals surface area (Å²) in [6.45, 7) is 0. The van der Waals surface area contributed by atoms with Gasteiger partial charge < -0.3 is 0 Å². The zero-order chi connectivity index (χ0) is 19.7. The molecule has 0 unspecified atom stereocenters. The quantitative estimate of drug-likeness (QED) is 0.683. The molecule has 6 nitrogen and oxygen atoms in total. The van der Waals surface area contributed by atoms with Crippen LogP contribution < -0.4 is 0 Å². The molecule has 2 aliphatic heterocycles. The van der Waals surface area contributed by atoms with E-state index in [1.54, 1.807) is 0 Å². The fourth-order valence-electron chi connectivity index (χ4n) is 5.40. The third-order valence-corrected chi connectivity index (χ3v) is 7.03. The molecule has 4 rings (SSSR count). The van der Waals surface area contributed by atoms with E-state index in [0.717, 1.165) is 51.4 Å². The second-order valence-corrected chi connectivity index (χ2v) is 8.69. The Hall–Kier alpha value is -2.24. The van der Waals surface area contributed by atoms with E-state index in [4.69, 9.17) is 0 Å². The Balaban J connectivity index is 1.17. The first-order valence-corrected chi connectivity index (χ1v) is 10.6. The maximum absolute atomic E-state index is 11.8. The molecule has 0 saturated heterocycles. The number of rotatable bonds is 5. The van der Waals surface area contributed by atoms with Crippen molar-refractivity contribution in [3.63, 3.8) is 0 Å². The predicted molar refractivity (Wildman–Crippen MR) is 103 cm³/mol. The predicted octanol–water partition coefficient (Wildman–Crippen LogP) is 2.73. The minimum atomic E-state index is -0.157.